The van der Waals surface area contributed by atoms with Gasteiger partial charge >= 0.3 is 0 Å². The number of nitrogens with zero attached hydrogens (tertiary/aromatic N) is 1. The van der Waals surface area contributed by atoms with Crippen molar-refractivity contribution in [2.75, 3.05) is 5.32 Å². The second-order valence-electron chi connectivity index (χ2n) is 4.73. The molecule has 0 spiro atoms. The number of anilines is 1. The summed E-state index contributed by atoms with van der Waals surface area (Å²) in [5, 5.41) is 2.95. The van der Waals surface area contributed by atoms with Crippen LogP contribution < -0.4 is 5.32 Å². The third-order valence-corrected chi connectivity index (χ3v) is 2.91. The average molecular weight is 242 g/mol. The number of amides is 1. The third-order valence-electron chi connectivity index (χ3n) is 2.91. The summed E-state index contributed by atoms with van der Waals surface area (Å²) in [6.07, 6.45) is 4.31. The Labute approximate surface area is 107 Å². The zero-order valence-electron chi connectivity index (χ0n) is 11.0. The number of rotatable bonds is 3. The fraction of sp³-hybridized carbons (Fsp3) is 0.267. The average Bonchev–Trinajstić information content (AvgIpc) is 2.68. The molecule has 0 aliphatic carbocycles. The van der Waals surface area contributed by atoms with Crippen molar-refractivity contribution in [1.29, 1.82) is 0 Å². The number of hydrogen-bond acceptors (Lipinski definition) is 1. The minimum Gasteiger partial charge on any atom is -0.357 e. The van der Waals surface area contributed by atoms with Crippen LogP contribution >= 0.6 is 0 Å². The van der Waals surface area contributed by atoms with Gasteiger partial charge in [0.15, 0.2) is 0 Å². The van der Waals surface area contributed by atoms with Crippen LogP contribution in [0.4, 0.5) is 5.69 Å². The van der Waals surface area contributed by atoms with Crippen molar-refractivity contribution in [3.63, 3.8) is 0 Å². The maximum atomic E-state index is 11.9. The van der Waals surface area contributed by atoms with E-state index in [1.54, 1.807) is 0 Å². The lowest BCUT2D eigenvalue weighted by Gasteiger charge is -2.08. The van der Waals surface area contributed by atoms with Crippen LogP contribution in [-0.4, -0.2) is 10.5 Å². The normalized spacial score (nSPS) is 10.4. The summed E-state index contributed by atoms with van der Waals surface area (Å²) in [5.74, 6) is 0.0214. The summed E-state index contributed by atoms with van der Waals surface area (Å²) in [6.45, 7) is 4.05. The first-order chi connectivity index (χ1) is 8.54. The van der Waals surface area contributed by atoms with Gasteiger partial charge in [0, 0.05) is 25.1 Å². The lowest BCUT2D eigenvalue weighted by molar-refractivity contribution is -0.115. The lowest BCUT2D eigenvalue weighted by atomic mass is 10.1. The minimum atomic E-state index is 0.0214. The number of nitrogens with one attached hydrogen (secondary N) is 1. The lowest BCUT2D eigenvalue weighted by Crippen LogP contribution is -2.14. The van der Waals surface area contributed by atoms with Gasteiger partial charge in [0.25, 0.3) is 0 Å². The van der Waals surface area contributed by atoms with Crippen molar-refractivity contribution in [3.05, 3.63) is 53.3 Å². The Morgan fingerprint density at radius 1 is 1.28 bits per heavy atom. The summed E-state index contributed by atoms with van der Waals surface area (Å²) < 4.78 is 1.94. The van der Waals surface area contributed by atoms with Crippen LogP contribution in [0.3, 0.4) is 0 Å². The monoisotopic (exact) mass is 242 g/mol. The van der Waals surface area contributed by atoms with E-state index >= 15 is 0 Å². The van der Waals surface area contributed by atoms with Crippen LogP contribution in [0.5, 0.6) is 0 Å². The molecule has 0 unspecified atom stereocenters. The third kappa shape index (κ3) is 3.00. The van der Waals surface area contributed by atoms with Gasteiger partial charge < -0.3 is 9.88 Å². The van der Waals surface area contributed by atoms with Crippen molar-refractivity contribution < 1.29 is 4.79 Å². The van der Waals surface area contributed by atoms with Crippen LogP contribution in [0, 0.1) is 13.8 Å². The standard InChI is InChI=1S/C15H18N2O/c1-11-4-5-14(12(2)8-11)16-15(18)9-13-6-7-17(3)10-13/h4-8,10H,9H2,1-3H3,(H,16,18). The Kier molecular flexibility index (Phi) is 3.51. The molecule has 1 heterocycles. The molecule has 0 saturated heterocycles. The highest BCUT2D eigenvalue weighted by molar-refractivity contribution is 5.92. The second kappa shape index (κ2) is 5.08. The van der Waals surface area contributed by atoms with Crippen molar-refractivity contribution in [3.8, 4) is 0 Å². The van der Waals surface area contributed by atoms with Crippen LogP contribution in [0.15, 0.2) is 36.7 Å². The molecule has 0 saturated carbocycles. The zero-order valence-corrected chi connectivity index (χ0v) is 11.0. The number of benzene rings is 1. The molecule has 3 nitrogen and oxygen atoms in total. The smallest absolute Gasteiger partial charge is 0.228 e. The van der Waals surface area contributed by atoms with Crippen LogP contribution in [0.2, 0.25) is 0 Å². The predicted octanol–water partition coefficient (Wildman–Crippen LogP) is 2.82. The number of aryl methyl sites for hydroxylation is 3. The molecule has 3 heteroatoms. The molecule has 1 N–H and O–H groups in total. The van der Waals surface area contributed by atoms with E-state index in [9.17, 15) is 4.79 Å². The predicted molar refractivity (Wildman–Crippen MR) is 73.7 cm³/mol. The second-order valence-corrected chi connectivity index (χ2v) is 4.73. The zero-order chi connectivity index (χ0) is 13.1. The molecule has 1 aromatic heterocycles. The van der Waals surface area contributed by atoms with Crippen LogP contribution in [-0.2, 0) is 18.3 Å². The molecule has 0 bridgehead atoms. The van der Waals surface area contributed by atoms with E-state index in [0.717, 1.165) is 16.8 Å². The quantitative estimate of drug-likeness (QED) is 0.882. The molecule has 1 aromatic carbocycles. The number of aromatic nitrogens is 1. The number of carbonyl (C=O) groups excluding carboxylic acids is 1. The van der Waals surface area contributed by atoms with E-state index < -0.39 is 0 Å². The Morgan fingerprint density at radius 2 is 2.06 bits per heavy atom. The molecule has 18 heavy (non-hydrogen) atoms. The summed E-state index contributed by atoms with van der Waals surface area (Å²) in [5.41, 5.74) is 4.21. The summed E-state index contributed by atoms with van der Waals surface area (Å²) >= 11 is 0. The summed E-state index contributed by atoms with van der Waals surface area (Å²) in [6, 6.07) is 7.98. The molecule has 94 valence electrons. The van der Waals surface area contributed by atoms with E-state index in [1.165, 1.54) is 5.56 Å². The molecule has 0 radical (unpaired) electrons. The SMILES string of the molecule is Cc1ccc(NC(=O)Cc2ccn(C)c2)c(C)c1. The topological polar surface area (TPSA) is 34.0 Å². The fourth-order valence-electron chi connectivity index (χ4n) is 2.00. The van der Waals surface area contributed by atoms with Gasteiger partial charge in [-0.2, -0.15) is 0 Å². The first-order valence-electron chi connectivity index (χ1n) is 6.02. The highest BCUT2D eigenvalue weighted by Crippen LogP contribution is 2.16. The highest BCUT2D eigenvalue weighted by Gasteiger charge is 2.06. The molecular weight excluding hydrogens is 224 g/mol. The van der Waals surface area contributed by atoms with E-state index in [-0.39, 0.29) is 5.91 Å². The van der Waals surface area contributed by atoms with Gasteiger partial charge in [-0.05, 0) is 37.1 Å². The van der Waals surface area contributed by atoms with Gasteiger partial charge in [-0.3, -0.25) is 4.79 Å². The summed E-state index contributed by atoms with van der Waals surface area (Å²) in [7, 11) is 1.95. The van der Waals surface area contributed by atoms with E-state index in [2.05, 4.69) is 11.4 Å². The number of hydrogen-bond donors (Lipinski definition) is 1. The van der Waals surface area contributed by atoms with Gasteiger partial charge in [-0.25, -0.2) is 0 Å². The molecule has 2 rings (SSSR count). The maximum absolute atomic E-state index is 11.9. The Balaban J connectivity index is 2.03. The molecule has 0 aliphatic rings. The highest BCUT2D eigenvalue weighted by atomic mass is 16.1. The van der Waals surface area contributed by atoms with Crippen molar-refractivity contribution >= 4 is 11.6 Å². The molecule has 0 atom stereocenters. The molecule has 0 fully saturated rings. The maximum Gasteiger partial charge on any atom is 0.228 e. The molecule has 2 aromatic rings. The van der Waals surface area contributed by atoms with Crippen LogP contribution in [0.25, 0.3) is 0 Å². The Bertz CT molecular complexity index is 570. The van der Waals surface area contributed by atoms with Gasteiger partial charge in [0.05, 0.1) is 6.42 Å². The molecular formula is C15H18N2O. The van der Waals surface area contributed by atoms with Gasteiger partial charge in [-0.1, -0.05) is 17.7 Å². The van der Waals surface area contributed by atoms with Crippen molar-refractivity contribution in [1.82, 2.24) is 4.57 Å². The fourth-order valence-corrected chi connectivity index (χ4v) is 2.00. The largest absolute Gasteiger partial charge is 0.357 e. The first-order valence-corrected chi connectivity index (χ1v) is 6.02. The van der Waals surface area contributed by atoms with Crippen molar-refractivity contribution in [2.45, 2.75) is 20.3 Å². The van der Waals surface area contributed by atoms with E-state index in [1.807, 2.05) is 56.1 Å². The van der Waals surface area contributed by atoms with E-state index in [4.69, 9.17) is 0 Å². The van der Waals surface area contributed by atoms with Gasteiger partial charge in [-0.15, -0.1) is 0 Å². The number of carbonyl (C=O) groups is 1. The van der Waals surface area contributed by atoms with Gasteiger partial charge in [0.1, 0.15) is 0 Å². The molecule has 1 amide bonds. The van der Waals surface area contributed by atoms with Gasteiger partial charge in [0.2, 0.25) is 5.91 Å². The first kappa shape index (κ1) is 12.4. The summed E-state index contributed by atoms with van der Waals surface area (Å²) in [4.78, 5) is 11.9. The molecule has 0 aliphatic heterocycles. The van der Waals surface area contributed by atoms with Crippen LogP contribution in [0.1, 0.15) is 16.7 Å². The Morgan fingerprint density at radius 3 is 2.67 bits per heavy atom. The van der Waals surface area contributed by atoms with Crippen molar-refractivity contribution in [2.24, 2.45) is 7.05 Å². The Hall–Kier alpha value is -2.03. The minimum absolute atomic E-state index is 0.0214. The van der Waals surface area contributed by atoms with E-state index in [0.29, 0.717) is 6.42 Å².